The lowest BCUT2D eigenvalue weighted by Gasteiger charge is -2.05. The Morgan fingerprint density at radius 3 is 1.46 bits per heavy atom. The first-order valence-corrected chi connectivity index (χ1v) is 10.1. The van der Waals surface area contributed by atoms with E-state index in [1.807, 2.05) is 0 Å². The minimum atomic E-state index is -0.898. The number of hydrogen-bond donors (Lipinski definition) is 2. The molecule has 2 amide bonds. The van der Waals surface area contributed by atoms with Crippen molar-refractivity contribution in [1.82, 2.24) is 5.32 Å². The van der Waals surface area contributed by atoms with Crippen LogP contribution in [0.4, 0.5) is 0 Å². The molecular weight excluding hydrogens is 300 g/mol. The molecule has 0 unspecified atom stereocenters. The molecule has 142 valence electrons. The summed E-state index contributed by atoms with van der Waals surface area (Å²) in [6.07, 6.45) is 18.4. The molecule has 0 fully saturated rings. The maximum absolute atomic E-state index is 10.9. The minimum Gasteiger partial charge on any atom is -0.361 e. The van der Waals surface area contributed by atoms with Crippen LogP contribution in [-0.2, 0) is 9.59 Å². The fourth-order valence-electron chi connectivity index (χ4n) is 2.91. The van der Waals surface area contributed by atoms with Gasteiger partial charge in [-0.1, -0.05) is 97.3 Å². The summed E-state index contributed by atoms with van der Waals surface area (Å²) in [5.74, 6) is -0.709. The van der Waals surface area contributed by atoms with E-state index in [-0.39, 0.29) is 0 Å². The van der Waals surface area contributed by atoms with Crippen LogP contribution in [0.2, 0.25) is 0 Å². The first kappa shape index (κ1) is 22.9. The highest BCUT2D eigenvalue weighted by Crippen LogP contribution is 2.14. The Hall–Kier alpha value is -1.06. The highest BCUT2D eigenvalue weighted by Gasteiger charge is 2.05. The van der Waals surface area contributed by atoms with Crippen LogP contribution in [-0.4, -0.2) is 18.4 Å². The number of hydrogen-bond acceptors (Lipinski definition) is 2. The molecular formula is C20H40N2O2. The molecule has 0 saturated carbocycles. The second kappa shape index (κ2) is 16.8. The summed E-state index contributed by atoms with van der Waals surface area (Å²) in [4.78, 5) is 21.4. The van der Waals surface area contributed by atoms with Crippen LogP contribution in [0.3, 0.4) is 0 Å². The van der Waals surface area contributed by atoms with Crippen molar-refractivity contribution in [2.45, 2.75) is 104 Å². The molecule has 4 nitrogen and oxygen atoms in total. The highest BCUT2D eigenvalue weighted by molar-refractivity contribution is 6.34. The molecule has 0 rings (SSSR count). The summed E-state index contributed by atoms with van der Waals surface area (Å²) in [5.41, 5.74) is 4.86. The number of nitrogens with one attached hydrogen (secondary N) is 1. The van der Waals surface area contributed by atoms with Gasteiger partial charge < -0.3 is 11.1 Å². The van der Waals surface area contributed by atoms with Gasteiger partial charge in [0, 0.05) is 6.54 Å². The van der Waals surface area contributed by atoms with E-state index in [9.17, 15) is 9.59 Å². The monoisotopic (exact) mass is 340 g/mol. The molecule has 0 bridgehead atoms. The van der Waals surface area contributed by atoms with E-state index in [4.69, 9.17) is 5.73 Å². The van der Waals surface area contributed by atoms with E-state index < -0.39 is 11.8 Å². The van der Waals surface area contributed by atoms with Gasteiger partial charge in [-0.05, 0) is 12.3 Å². The Kier molecular flexibility index (Phi) is 16.0. The van der Waals surface area contributed by atoms with Gasteiger partial charge in [-0.25, -0.2) is 0 Å². The molecule has 3 N–H and O–H groups in total. The molecule has 0 aliphatic heterocycles. The standard InChI is InChI=1S/C20H40N2O2/c1-18(2)16-14-12-10-8-6-4-3-5-7-9-11-13-15-17-22-20(24)19(21)23/h18H,3-17H2,1-2H3,(H2,21,23)(H,22,24). The van der Waals surface area contributed by atoms with E-state index in [1.54, 1.807) is 0 Å². The van der Waals surface area contributed by atoms with Crippen LogP contribution in [0.25, 0.3) is 0 Å². The third kappa shape index (κ3) is 17.3. The number of rotatable bonds is 16. The van der Waals surface area contributed by atoms with Gasteiger partial charge in [0.2, 0.25) is 0 Å². The normalized spacial score (nSPS) is 11.0. The maximum atomic E-state index is 10.9. The number of primary amides is 1. The predicted molar refractivity (Wildman–Crippen MR) is 102 cm³/mol. The molecule has 0 atom stereocenters. The lowest BCUT2D eigenvalue weighted by molar-refractivity contribution is -0.137. The largest absolute Gasteiger partial charge is 0.361 e. The van der Waals surface area contributed by atoms with Crippen molar-refractivity contribution in [3.63, 3.8) is 0 Å². The predicted octanol–water partition coefficient (Wildman–Crippen LogP) is 4.71. The lowest BCUT2D eigenvalue weighted by Crippen LogP contribution is -2.36. The van der Waals surface area contributed by atoms with Crippen molar-refractivity contribution in [3.05, 3.63) is 0 Å². The van der Waals surface area contributed by atoms with Gasteiger partial charge in [0.25, 0.3) is 0 Å². The average Bonchev–Trinajstić information content (AvgIpc) is 2.53. The van der Waals surface area contributed by atoms with Crippen LogP contribution in [0, 0.1) is 5.92 Å². The Balaban J connectivity index is 3.08. The molecule has 0 aromatic rings. The molecule has 0 aromatic heterocycles. The van der Waals surface area contributed by atoms with E-state index in [1.165, 1.54) is 77.0 Å². The summed E-state index contributed by atoms with van der Waals surface area (Å²) in [5, 5.41) is 2.52. The molecule has 0 spiro atoms. The van der Waals surface area contributed by atoms with Gasteiger partial charge in [-0.3, -0.25) is 9.59 Å². The van der Waals surface area contributed by atoms with Crippen LogP contribution in [0.1, 0.15) is 104 Å². The molecule has 4 heteroatoms. The van der Waals surface area contributed by atoms with Gasteiger partial charge in [-0.15, -0.1) is 0 Å². The Bertz CT molecular complexity index is 317. The summed E-state index contributed by atoms with van der Waals surface area (Å²) in [7, 11) is 0. The first-order valence-electron chi connectivity index (χ1n) is 10.1. The van der Waals surface area contributed by atoms with Crippen LogP contribution >= 0.6 is 0 Å². The van der Waals surface area contributed by atoms with E-state index >= 15 is 0 Å². The third-order valence-electron chi connectivity index (χ3n) is 4.47. The molecule has 24 heavy (non-hydrogen) atoms. The Labute approximate surface area is 149 Å². The molecule has 0 heterocycles. The van der Waals surface area contributed by atoms with Gasteiger partial charge in [0.15, 0.2) is 0 Å². The Morgan fingerprint density at radius 1 is 0.708 bits per heavy atom. The average molecular weight is 341 g/mol. The second-order valence-electron chi connectivity index (χ2n) is 7.40. The Morgan fingerprint density at radius 2 is 1.08 bits per heavy atom. The molecule has 0 aromatic carbocycles. The van der Waals surface area contributed by atoms with E-state index in [0.29, 0.717) is 6.54 Å². The number of carbonyl (C=O) groups excluding carboxylic acids is 2. The number of amides is 2. The fourth-order valence-corrected chi connectivity index (χ4v) is 2.91. The summed E-state index contributed by atoms with van der Waals surface area (Å²) >= 11 is 0. The van der Waals surface area contributed by atoms with Gasteiger partial charge in [0.05, 0.1) is 0 Å². The zero-order chi connectivity index (χ0) is 18.0. The van der Waals surface area contributed by atoms with Crippen molar-refractivity contribution in [2.75, 3.05) is 6.54 Å². The van der Waals surface area contributed by atoms with Crippen LogP contribution in [0.5, 0.6) is 0 Å². The third-order valence-corrected chi connectivity index (χ3v) is 4.47. The van der Waals surface area contributed by atoms with Gasteiger partial charge >= 0.3 is 11.8 Å². The van der Waals surface area contributed by atoms with Crippen molar-refractivity contribution >= 4 is 11.8 Å². The number of carbonyl (C=O) groups is 2. The number of nitrogens with two attached hydrogens (primary N) is 1. The van der Waals surface area contributed by atoms with Crippen molar-refractivity contribution in [3.8, 4) is 0 Å². The van der Waals surface area contributed by atoms with E-state index in [0.717, 1.165) is 18.8 Å². The second-order valence-corrected chi connectivity index (χ2v) is 7.40. The van der Waals surface area contributed by atoms with Gasteiger partial charge in [0.1, 0.15) is 0 Å². The SMILES string of the molecule is CC(C)CCCCCCCCCCCCCCCNC(=O)C(N)=O. The molecule has 0 aliphatic carbocycles. The summed E-state index contributed by atoms with van der Waals surface area (Å²) < 4.78 is 0. The first-order chi connectivity index (χ1) is 11.5. The smallest absolute Gasteiger partial charge is 0.309 e. The van der Waals surface area contributed by atoms with Gasteiger partial charge in [-0.2, -0.15) is 0 Å². The van der Waals surface area contributed by atoms with Crippen LogP contribution < -0.4 is 11.1 Å². The fraction of sp³-hybridized carbons (Fsp3) is 0.900. The zero-order valence-electron chi connectivity index (χ0n) is 16.1. The molecule has 0 radical (unpaired) electrons. The van der Waals surface area contributed by atoms with Crippen molar-refractivity contribution in [1.29, 1.82) is 0 Å². The van der Waals surface area contributed by atoms with Crippen LogP contribution in [0.15, 0.2) is 0 Å². The lowest BCUT2D eigenvalue weighted by atomic mass is 10.0. The summed E-state index contributed by atoms with van der Waals surface area (Å²) in [6.45, 7) is 5.17. The van der Waals surface area contributed by atoms with Crippen molar-refractivity contribution in [2.24, 2.45) is 11.7 Å². The highest BCUT2D eigenvalue weighted by atomic mass is 16.2. The van der Waals surface area contributed by atoms with Crippen molar-refractivity contribution < 1.29 is 9.59 Å². The summed E-state index contributed by atoms with van der Waals surface area (Å²) in [6, 6.07) is 0. The maximum Gasteiger partial charge on any atom is 0.309 e. The number of unbranched alkanes of at least 4 members (excludes halogenated alkanes) is 12. The quantitative estimate of drug-likeness (QED) is 0.315. The topological polar surface area (TPSA) is 72.2 Å². The molecule has 0 aliphatic rings. The molecule has 0 saturated heterocycles. The zero-order valence-corrected chi connectivity index (χ0v) is 16.1. The minimum absolute atomic E-state index is 0.555. The van der Waals surface area contributed by atoms with E-state index in [2.05, 4.69) is 19.2 Å².